The lowest BCUT2D eigenvalue weighted by molar-refractivity contribution is -0.212. The second kappa shape index (κ2) is 8.51. The average Bonchev–Trinajstić information content (AvgIpc) is 2.59. The molecule has 0 radical (unpaired) electrons. The normalized spacial score (nSPS) is 37.0. The van der Waals surface area contributed by atoms with E-state index in [1.807, 2.05) is 0 Å². The van der Waals surface area contributed by atoms with Gasteiger partial charge < -0.3 is 9.47 Å². The summed E-state index contributed by atoms with van der Waals surface area (Å²) in [6, 6.07) is 0. The molecule has 30 heavy (non-hydrogen) atoms. The Labute approximate surface area is 182 Å². The van der Waals surface area contributed by atoms with E-state index in [0.29, 0.717) is 22.0 Å². The van der Waals surface area contributed by atoms with Gasteiger partial charge >= 0.3 is 11.9 Å². The first-order chi connectivity index (χ1) is 13.9. The summed E-state index contributed by atoms with van der Waals surface area (Å²) in [6.45, 7) is 15.5. The Kier molecular flexibility index (Phi) is 6.55. The average molecular weight is 417 g/mol. The summed E-state index contributed by atoms with van der Waals surface area (Å²) in [7, 11) is 0. The van der Waals surface area contributed by atoms with Crippen molar-refractivity contribution in [3.05, 3.63) is 24.3 Å². The minimum absolute atomic E-state index is 0.156. The van der Waals surface area contributed by atoms with Crippen molar-refractivity contribution in [2.45, 2.75) is 110 Å². The molecule has 0 N–H and O–H groups in total. The number of hydrogen-bond acceptors (Lipinski definition) is 4. The molecule has 5 fully saturated rings. The summed E-state index contributed by atoms with van der Waals surface area (Å²) in [6.07, 6.45) is 13.0. The molecule has 0 heterocycles. The molecule has 4 bridgehead atoms. The van der Waals surface area contributed by atoms with Crippen molar-refractivity contribution in [1.82, 2.24) is 0 Å². The molecule has 5 aliphatic carbocycles. The molecule has 0 aromatic rings. The zero-order valence-corrected chi connectivity index (χ0v) is 19.5. The number of hydrogen-bond donors (Lipinski definition) is 0. The van der Waals surface area contributed by atoms with Crippen LogP contribution in [0.5, 0.6) is 0 Å². The van der Waals surface area contributed by atoms with Gasteiger partial charge in [-0.2, -0.15) is 0 Å². The fourth-order valence-electron chi connectivity index (χ4n) is 7.18. The quantitative estimate of drug-likeness (QED) is 0.399. The summed E-state index contributed by atoms with van der Waals surface area (Å²) >= 11 is 0. The fraction of sp³-hybridized carbons (Fsp3) is 0.769. The van der Waals surface area contributed by atoms with Gasteiger partial charge in [-0.15, -0.1) is 0 Å². The van der Waals surface area contributed by atoms with Gasteiger partial charge in [0, 0.05) is 11.1 Å². The third kappa shape index (κ3) is 5.36. The van der Waals surface area contributed by atoms with Gasteiger partial charge in [-0.3, -0.25) is 0 Å². The Morgan fingerprint density at radius 2 is 1.33 bits per heavy atom. The maximum atomic E-state index is 11.9. The third-order valence-corrected chi connectivity index (χ3v) is 7.41. The van der Waals surface area contributed by atoms with Crippen LogP contribution < -0.4 is 0 Å². The molecule has 0 aromatic carbocycles. The topological polar surface area (TPSA) is 52.6 Å². The zero-order valence-electron chi connectivity index (χ0n) is 19.5. The molecule has 0 aliphatic heterocycles. The lowest BCUT2D eigenvalue weighted by atomic mass is 9.43. The lowest BCUT2D eigenvalue weighted by Gasteiger charge is -2.64. The molecular formula is C26H40O4. The number of carbonyl (C=O) groups is 2. The van der Waals surface area contributed by atoms with Crippen molar-refractivity contribution in [2.24, 2.45) is 16.7 Å². The molecule has 2 unspecified atom stereocenters. The van der Waals surface area contributed by atoms with E-state index in [-0.39, 0.29) is 23.6 Å². The number of carbonyl (C=O) groups excluding carboxylic acids is 2. The molecule has 168 valence electrons. The van der Waals surface area contributed by atoms with E-state index in [4.69, 9.17) is 9.47 Å². The second-order valence-electron chi connectivity index (χ2n) is 11.4. The Balaban J connectivity index is 0.000000187. The minimum atomic E-state index is -0.234. The second-order valence-corrected chi connectivity index (χ2v) is 11.4. The first-order valence-corrected chi connectivity index (χ1v) is 11.7. The minimum Gasteiger partial charge on any atom is -0.459 e. The Morgan fingerprint density at radius 1 is 0.800 bits per heavy atom. The van der Waals surface area contributed by atoms with Gasteiger partial charge in [0.05, 0.1) is 0 Å². The molecule has 5 saturated carbocycles. The molecule has 4 heteroatoms. The maximum absolute atomic E-state index is 11.9. The van der Waals surface area contributed by atoms with Crippen LogP contribution in [0.2, 0.25) is 0 Å². The van der Waals surface area contributed by atoms with Crippen molar-refractivity contribution in [3.8, 4) is 0 Å². The van der Waals surface area contributed by atoms with Gasteiger partial charge in [-0.1, -0.05) is 33.4 Å². The number of ether oxygens (including phenoxy) is 2. The molecule has 5 aliphatic rings. The lowest BCUT2D eigenvalue weighted by Crippen LogP contribution is -2.60. The first kappa shape index (κ1) is 23.1. The van der Waals surface area contributed by atoms with Crippen LogP contribution in [-0.2, 0) is 19.1 Å². The SMILES string of the molecule is C=C(C)C(=O)OC12CC3CC(C)(CC(C)(C3)C1)C2.C=C(C)C(=O)OC1CCCCC1. The van der Waals surface area contributed by atoms with Crippen molar-refractivity contribution >= 4 is 11.9 Å². The van der Waals surface area contributed by atoms with Crippen molar-refractivity contribution < 1.29 is 19.1 Å². The van der Waals surface area contributed by atoms with Crippen LogP contribution in [0.15, 0.2) is 24.3 Å². The monoisotopic (exact) mass is 416 g/mol. The largest absolute Gasteiger partial charge is 0.459 e. The van der Waals surface area contributed by atoms with Gasteiger partial charge in [0.1, 0.15) is 11.7 Å². The molecule has 0 aromatic heterocycles. The fourth-order valence-corrected chi connectivity index (χ4v) is 7.18. The van der Waals surface area contributed by atoms with E-state index >= 15 is 0 Å². The van der Waals surface area contributed by atoms with Crippen LogP contribution in [0, 0.1) is 16.7 Å². The maximum Gasteiger partial charge on any atom is 0.333 e. The van der Waals surface area contributed by atoms with E-state index in [9.17, 15) is 9.59 Å². The molecule has 0 amide bonds. The number of rotatable bonds is 4. The highest BCUT2D eigenvalue weighted by Gasteiger charge is 2.61. The van der Waals surface area contributed by atoms with E-state index in [1.165, 1.54) is 38.5 Å². The van der Waals surface area contributed by atoms with Crippen LogP contribution in [-0.4, -0.2) is 23.6 Å². The van der Waals surface area contributed by atoms with Gasteiger partial charge in [-0.25, -0.2) is 9.59 Å². The van der Waals surface area contributed by atoms with Crippen LogP contribution in [0.25, 0.3) is 0 Å². The van der Waals surface area contributed by atoms with Crippen LogP contribution in [0.1, 0.15) is 98.3 Å². The predicted molar refractivity (Wildman–Crippen MR) is 119 cm³/mol. The molecule has 2 atom stereocenters. The Morgan fingerprint density at radius 3 is 1.80 bits per heavy atom. The summed E-state index contributed by atoms with van der Waals surface area (Å²) in [5, 5.41) is 0. The standard InChI is InChI=1S/C16H24O2.C10H16O2/c1-11(2)13(17)18-16-7-12-5-14(3,9-16)8-15(4,6-12)10-16;1-8(2)10(11)12-9-6-4-3-5-7-9/h12H,1,5-10H2,2-4H3;9H,1,3-7H2,2H3. The van der Waals surface area contributed by atoms with E-state index in [0.717, 1.165) is 38.0 Å². The molecular weight excluding hydrogens is 376 g/mol. The highest BCUT2D eigenvalue weighted by atomic mass is 16.6. The summed E-state index contributed by atoms with van der Waals surface area (Å²) in [4.78, 5) is 23.0. The summed E-state index contributed by atoms with van der Waals surface area (Å²) in [5.41, 5.74) is 1.63. The van der Waals surface area contributed by atoms with E-state index in [1.54, 1.807) is 13.8 Å². The molecule has 5 rings (SSSR count). The molecule has 0 saturated heterocycles. The van der Waals surface area contributed by atoms with E-state index < -0.39 is 0 Å². The van der Waals surface area contributed by atoms with Crippen molar-refractivity contribution in [3.63, 3.8) is 0 Å². The van der Waals surface area contributed by atoms with Crippen molar-refractivity contribution in [1.29, 1.82) is 0 Å². The zero-order chi connectivity index (χ0) is 22.2. The Hall–Kier alpha value is -1.58. The number of esters is 2. The predicted octanol–water partition coefficient (Wildman–Crippen LogP) is 6.29. The van der Waals surface area contributed by atoms with Crippen LogP contribution >= 0.6 is 0 Å². The molecule has 4 nitrogen and oxygen atoms in total. The van der Waals surface area contributed by atoms with Crippen molar-refractivity contribution in [2.75, 3.05) is 0 Å². The summed E-state index contributed by atoms with van der Waals surface area (Å²) < 4.78 is 11.1. The van der Waals surface area contributed by atoms with Gasteiger partial charge in [-0.05, 0) is 94.8 Å². The van der Waals surface area contributed by atoms with Gasteiger partial charge in [0.15, 0.2) is 0 Å². The van der Waals surface area contributed by atoms with Crippen LogP contribution in [0.3, 0.4) is 0 Å². The van der Waals surface area contributed by atoms with E-state index in [2.05, 4.69) is 27.0 Å². The highest BCUT2D eigenvalue weighted by Crippen LogP contribution is 2.67. The molecule has 0 spiro atoms. The van der Waals surface area contributed by atoms with Crippen LogP contribution in [0.4, 0.5) is 0 Å². The Bertz CT molecular complexity index is 697. The first-order valence-electron chi connectivity index (χ1n) is 11.7. The summed E-state index contributed by atoms with van der Waals surface area (Å²) in [5.74, 6) is 0.334. The third-order valence-electron chi connectivity index (χ3n) is 7.41. The van der Waals surface area contributed by atoms with Gasteiger partial charge in [0.25, 0.3) is 0 Å². The highest BCUT2D eigenvalue weighted by molar-refractivity contribution is 5.87. The smallest absolute Gasteiger partial charge is 0.333 e. The van der Waals surface area contributed by atoms with Gasteiger partial charge in [0.2, 0.25) is 0 Å².